The van der Waals surface area contributed by atoms with Crippen LogP contribution in [-0.2, 0) is 23.1 Å². The third-order valence-corrected chi connectivity index (χ3v) is 7.51. The molecule has 0 aliphatic carbocycles. The van der Waals surface area contributed by atoms with Gasteiger partial charge in [0.25, 0.3) is 5.91 Å². The molecule has 3 aromatic carbocycles. The Bertz CT molecular complexity index is 1470. The van der Waals surface area contributed by atoms with Crippen LogP contribution in [0.1, 0.15) is 86.1 Å². The summed E-state index contributed by atoms with van der Waals surface area (Å²) in [5, 5.41) is 11.0. The molecular weight excluding hydrogens is 520 g/mol. The Morgan fingerprint density at radius 1 is 0.857 bits per heavy atom. The smallest absolute Gasteiger partial charge is 0.251 e. The molecule has 0 radical (unpaired) electrons. The standard InChI is InChI=1S/C36H44N4O2/c1-6-7-8-10-16-27-20-22-29(23-21-27)34(41)37-30(24-28-17-11-9-12-18-28)35(42)38-33-25-32(36(3,4)5)39-40(33)31-19-14-13-15-26(31)2/h9,11-15,17-23,25,30H,6-8,10,16,24H2,1-5H3,(H,37,41)(H,38,42)/t30-/m1/s1. The first-order valence-corrected chi connectivity index (χ1v) is 15.1. The second-order valence-electron chi connectivity index (χ2n) is 12.1. The minimum absolute atomic E-state index is 0.215. The van der Waals surface area contributed by atoms with E-state index in [2.05, 4.69) is 38.3 Å². The van der Waals surface area contributed by atoms with Crippen LogP contribution in [0.15, 0.2) is 84.9 Å². The summed E-state index contributed by atoms with van der Waals surface area (Å²) in [7, 11) is 0. The van der Waals surface area contributed by atoms with Crippen LogP contribution >= 0.6 is 0 Å². The molecule has 4 aromatic rings. The topological polar surface area (TPSA) is 76.0 Å². The van der Waals surface area contributed by atoms with Crippen molar-refractivity contribution in [1.29, 1.82) is 0 Å². The average molecular weight is 565 g/mol. The summed E-state index contributed by atoms with van der Waals surface area (Å²) < 4.78 is 1.79. The van der Waals surface area contributed by atoms with Crippen molar-refractivity contribution >= 4 is 17.6 Å². The summed E-state index contributed by atoms with van der Waals surface area (Å²) in [5.74, 6) is 0.000286. The Balaban J connectivity index is 1.57. The van der Waals surface area contributed by atoms with Gasteiger partial charge in [-0.15, -0.1) is 0 Å². The number of aryl methyl sites for hydroxylation is 2. The zero-order valence-electron chi connectivity index (χ0n) is 25.6. The molecule has 6 heteroatoms. The lowest BCUT2D eigenvalue weighted by Gasteiger charge is -2.19. The molecule has 0 aliphatic heterocycles. The summed E-state index contributed by atoms with van der Waals surface area (Å²) in [4.78, 5) is 27.2. The minimum atomic E-state index is -0.785. The number of nitrogens with zero attached hydrogens (tertiary/aromatic N) is 2. The number of rotatable bonds is 12. The molecule has 0 bridgehead atoms. The zero-order chi connectivity index (χ0) is 30.1. The van der Waals surface area contributed by atoms with Crippen molar-refractivity contribution in [2.75, 3.05) is 5.32 Å². The lowest BCUT2D eigenvalue weighted by Crippen LogP contribution is -2.45. The minimum Gasteiger partial charge on any atom is -0.340 e. The number of benzene rings is 3. The highest BCUT2D eigenvalue weighted by atomic mass is 16.2. The fraction of sp³-hybridized carbons (Fsp3) is 0.361. The Labute approximate surface area is 250 Å². The summed E-state index contributed by atoms with van der Waals surface area (Å²) in [6.07, 6.45) is 6.19. The maximum absolute atomic E-state index is 13.9. The van der Waals surface area contributed by atoms with Gasteiger partial charge in [0, 0.05) is 23.5 Å². The van der Waals surface area contributed by atoms with E-state index in [9.17, 15) is 9.59 Å². The molecule has 2 N–H and O–H groups in total. The number of amides is 2. The van der Waals surface area contributed by atoms with E-state index >= 15 is 0 Å². The van der Waals surface area contributed by atoms with Crippen LogP contribution in [-0.4, -0.2) is 27.6 Å². The van der Waals surface area contributed by atoms with Gasteiger partial charge in [-0.25, -0.2) is 4.68 Å². The first-order chi connectivity index (χ1) is 20.2. The molecule has 6 nitrogen and oxygen atoms in total. The SMILES string of the molecule is CCCCCCc1ccc(C(=O)N[C@H](Cc2ccccc2)C(=O)Nc2cc(C(C)(C)C)nn2-c2ccccc2C)cc1. The second kappa shape index (κ2) is 14.1. The van der Waals surface area contributed by atoms with E-state index in [-0.39, 0.29) is 17.2 Å². The van der Waals surface area contributed by atoms with Gasteiger partial charge in [-0.05, 0) is 54.7 Å². The van der Waals surface area contributed by atoms with Crippen molar-refractivity contribution in [3.8, 4) is 5.69 Å². The van der Waals surface area contributed by atoms with Crippen LogP contribution in [0, 0.1) is 6.92 Å². The molecule has 1 atom stereocenters. The van der Waals surface area contributed by atoms with E-state index in [1.807, 2.05) is 91.9 Å². The van der Waals surface area contributed by atoms with Crippen LogP contribution in [0.25, 0.3) is 5.69 Å². The zero-order valence-corrected chi connectivity index (χ0v) is 25.6. The Hall–Kier alpha value is -4.19. The number of unbranched alkanes of at least 4 members (excludes halogenated alkanes) is 3. The van der Waals surface area contributed by atoms with E-state index in [1.54, 1.807) is 4.68 Å². The summed E-state index contributed by atoms with van der Waals surface area (Å²) >= 11 is 0. The number of aromatic nitrogens is 2. The molecule has 4 rings (SSSR count). The largest absolute Gasteiger partial charge is 0.340 e. The molecule has 0 fully saturated rings. The molecular formula is C36H44N4O2. The molecule has 0 aliphatic rings. The number of hydrogen-bond acceptors (Lipinski definition) is 3. The predicted octanol–water partition coefficient (Wildman–Crippen LogP) is 7.58. The van der Waals surface area contributed by atoms with Gasteiger partial charge in [0.05, 0.1) is 11.4 Å². The quantitative estimate of drug-likeness (QED) is 0.174. The van der Waals surface area contributed by atoms with Gasteiger partial charge in [-0.2, -0.15) is 5.10 Å². The lowest BCUT2D eigenvalue weighted by molar-refractivity contribution is -0.118. The van der Waals surface area contributed by atoms with E-state index in [0.29, 0.717) is 17.8 Å². The number of nitrogens with one attached hydrogen (secondary N) is 2. The summed E-state index contributed by atoms with van der Waals surface area (Å²) in [6.45, 7) is 10.5. The summed E-state index contributed by atoms with van der Waals surface area (Å²) in [6, 6.07) is 26.6. The number of anilines is 1. The highest BCUT2D eigenvalue weighted by molar-refractivity contribution is 6.01. The Kier molecular flexibility index (Phi) is 10.3. The van der Waals surface area contributed by atoms with Crippen LogP contribution in [0.4, 0.5) is 5.82 Å². The molecule has 0 spiro atoms. The Morgan fingerprint density at radius 3 is 2.21 bits per heavy atom. The molecule has 42 heavy (non-hydrogen) atoms. The average Bonchev–Trinajstić information content (AvgIpc) is 3.40. The number of hydrogen-bond donors (Lipinski definition) is 2. The van der Waals surface area contributed by atoms with Crippen molar-refractivity contribution in [3.63, 3.8) is 0 Å². The third kappa shape index (κ3) is 8.19. The van der Waals surface area contributed by atoms with Crippen molar-refractivity contribution in [2.24, 2.45) is 0 Å². The highest BCUT2D eigenvalue weighted by Crippen LogP contribution is 2.27. The molecule has 2 amide bonds. The lowest BCUT2D eigenvalue weighted by atomic mass is 9.92. The van der Waals surface area contributed by atoms with Crippen molar-refractivity contribution in [1.82, 2.24) is 15.1 Å². The predicted molar refractivity (Wildman–Crippen MR) is 171 cm³/mol. The first-order valence-electron chi connectivity index (χ1n) is 15.1. The van der Waals surface area contributed by atoms with E-state index in [1.165, 1.54) is 24.8 Å². The molecule has 0 saturated heterocycles. The monoisotopic (exact) mass is 564 g/mol. The summed E-state index contributed by atoms with van der Waals surface area (Å²) in [5.41, 5.74) is 5.30. The van der Waals surface area contributed by atoms with Gasteiger partial charge < -0.3 is 10.6 Å². The Morgan fingerprint density at radius 2 is 1.55 bits per heavy atom. The normalized spacial score (nSPS) is 12.1. The van der Waals surface area contributed by atoms with Gasteiger partial charge >= 0.3 is 0 Å². The van der Waals surface area contributed by atoms with E-state index < -0.39 is 6.04 Å². The van der Waals surface area contributed by atoms with E-state index in [4.69, 9.17) is 5.10 Å². The van der Waals surface area contributed by atoms with E-state index in [0.717, 1.165) is 35.3 Å². The number of para-hydroxylation sites is 1. The molecule has 0 saturated carbocycles. The molecule has 1 aromatic heterocycles. The maximum Gasteiger partial charge on any atom is 0.251 e. The van der Waals surface area contributed by atoms with Gasteiger partial charge in [-0.1, -0.05) is 108 Å². The van der Waals surface area contributed by atoms with Crippen molar-refractivity contribution < 1.29 is 9.59 Å². The van der Waals surface area contributed by atoms with Gasteiger partial charge in [-0.3, -0.25) is 9.59 Å². The van der Waals surface area contributed by atoms with Gasteiger partial charge in [0.1, 0.15) is 11.9 Å². The fourth-order valence-corrected chi connectivity index (χ4v) is 4.91. The second-order valence-corrected chi connectivity index (χ2v) is 12.1. The van der Waals surface area contributed by atoms with Gasteiger partial charge in [0.15, 0.2) is 0 Å². The van der Waals surface area contributed by atoms with Crippen molar-refractivity contribution in [2.45, 2.75) is 84.6 Å². The number of carbonyl (C=O) groups excluding carboxylic acids is 2. The fourth-order valence-electron chi connectivity index (χ4n) is 4.91. The van der Waals surface area contributed by atoms with Crippen LogP contribution in [0.3, 0.4) is 0 Å². The van der Waals surface area contributed by atoms with Gasteiger partial charge in [0.2, 0.25) is 5.91 Å². The maximum atomic E-state index is 13.9. The molecule has 220 valence electrons. The highest BCUT2D eigenvalue weighted by Gasteiger charge is 2.26. The third-order valence-electron chi connectivity index (χ3n) is 7.51. The first kappa shape index (κ1) is 30.8. The molecule has 0 unspecified atom stereocenters. The molecule has 1 heterocycles. The van der Waals surface area contributed by atoms with Crippen LogP contribution in [0.2, 0.25) is 0 Å². The van der Waals surface area contributed by atoms with Crippen LogP contribution < -0.4 is 10.6 Å². The van der Waals surface area contributed by atoms with Crippen molar-refractivity contribution in [3.05, 3.63) is 113 Å². The number of carbonyl (C=O) groups is 2. The van der Waals surface area contributed by atoms with Crippen LogP contribution in [0.5, 0.6) is 0 Å².